The van der Waals surface area contributed by atoms with Crippen LogP contribution in [0, 0.1) is 11.8 Å². The Morgan fingerprint density at radius 1 is 1.09 bits per heavy atom. The second kappa shape index (κ2) is 5.34. The van der Waals surface area contributed by atoms with Gasteiger partial charge in [0, 0.05) is 19.3 Å². The van der Waals surface area contributed by atoms with Gasteiger partial charge in [0.05, 0.1) is 0 Å². The van der Waals surface area contributed by atoms with Gasteiger partial charge in [-0.15, -0.1) is 0 Å². The lowest BCUT2D eigenvalue weighted by molar-refractivity contribution is -0.141. The van der Waals surface area contributed by atoms with Crippen LogP contribution in [0.1, 0.15) is 18.5 Å². The van der Waals surface area contributed by atoms with E-state index in [-0.39, 0.29) is 4.90 Å². The van der Waals surface area contributed by atoms with Crippen molar-refractivity contribution in [2.24, 2.45) is 11.8 Å². The molecule has 3 rings (SSSR count). The van der Waals surface area contributed by atoms with E-state index in [0.717, 1.165) is 25.1 Å². The van der Waals surface area contributed by atoms with Crippen molar-refractivity contribution >= 4 is 10.0 Å². The number of hydrogen-bond donors (Lipinski definition) is 0. The lowest BCUT2D eigenvalue weighted by atomic mass is 9.86. The summed E-state index contributed by atoms with van der Waals surface area (Å²) in [4.78, 5) is 3.05. The first-order valence-corrected chi connectivity index (χ1v) is 8.41. The van der Waals surface area contributed by atoms with Crippen LogP contribution in [0.5, 0.6) is 0 Å². The van der Waals surface area contributed by atoms with Crippen molar-refractivity contribution in [3.8, 4) is 0 Å². The molecule has 0 saturated carbocycles. The zero-order valence-corrected chi connectivity index (χ0v) is 12.4. The molecular formula is C14H15F3N2O2S. The highest BCUT2D eigenvalue weighted by atomic mass is 32.2. The average molecular weight is 332 g/mol. The first-order valence-electron chi connectivity index (χ1n) is 6.97. The summed E-state index contributed by atoms with van der Waals surface area (Å²) >= 11 is 0. The number of alkyl halides is 3. The Labute approximate surface area is 126 Å². The average Bonchev–Trinajstić information content (AvgIpc) is 2.91. The highest BCUT2D eigenvalue weighted by Gasteiger charge is 2.39. The van der Waals surface area contributed by atoms with Gasteiger partial charge in [0.15, 0.2) is 0 Å². The molecule has 0 amide bonds. The van der Waals surface area contributed by atoms with Crippen molar-refractivity contribution < 1.29 is 21.6 Å². The van der Waals surface area contributed by atoms with Crippen LogP contribution in [-0.2, 0) is 16.2 Å². The van der Waals surface area contributed by atoms with Gasteiger partial charge in [0.25, 0.3) is 0 Å². The molecule has 1 aromatic heterocycles. The number of halogens is 3. The number of aromatic nitrogens is 1. The van der Waals surface area contributed by atoms with Crippen LogP contribution in [0.4, 0.5) is 13.2 Å². The van der Waals surface area contributed by atoms with Crippen molar-refractivity contribution in [3.63, 3.8) is 0 Å². The predicted octanol–water partition coefficient (Wildman–Crippen LogP) is 2.69. The fourth-order valence-corrected chi connectivity index (χ4v) is 4.52. The molecule has 0 unspecified atom stereocenters. The van der Waals surface area contributed by atoms with E-state index in [1.807, 2.05) is 0 Å². The molecule has 8 heteroatoms. The number of fused-ring (bicyclic) bond motifs is 1. The van der Waals surface area contributed by atoms with Crippen LogP contribution in [0.2, 0.25) is 0 Å². The number of hydrogen-bond acceptors (Lipinski definition) is 3. The molecule has 0 N–H and O–H groups in total. The van der Waals surface area contributed by atoms with Gasteiger partial charge in [-0.05, 0) is 36.8 Å². The van der Waals surface area contributed by atoms with Crippen molar-refractivity contribution in [3.05, 3.63) is 36.2 Å². The molecule has 1 fully saturated rings. The van der Waals surface area contributed by atoms with E-state index in [2.05, 4.69) is 17.1 Å². The van der Waals surface area contributed by atoms with Crippen LogP contribution in [-0.4, -0.2) is 30.8 Å². The summed E-state index contributed by atoms with van der Waals surface area (Å²) in [5, 5.41) is 0. The molecule has 120 valence electrons. The van der Waals surface area contributed by atoms with Gasteiger partial charge in [-0.2, -0.15) is 17.5 Å². The fraction of sp³-hybridized carbons (Fsp3) is 0.500. The van der Waals surface area contributed by atoms with E-state index in [1.165, 1.54) is 4.31 Å². The van der Waals surface area contributed by atoms with Crippen molar-refractivity contribution in [2.45, 2.75) is 23.9 Å². The molecule has 2 heterocycles. The van der Waals surface area contributed by atoms with Crippen LogP contribution in [0.3, 0.4) is 0 Å². The SMILES string of the molecule is O=S(=O)(c1ccc(C(F)(F)F)nc1)N1C[C@H]2CC=CC[C@H]2C1. The number of rotatable bonds is 2. The third-order valence-corrected chi connectivity index (χ3v) is 6.07. The first-order chi connectivity index (χ1) is 10.3. The Morgan fingerprint density at radius 2 is 1.68 bits per heavy atom. The van der Waals surface area contributed by atoms with E-state index in [0.29, 0.717) is 31.0 Å². The van der Waals surface area contributed by atoms with E-state index in [1.54, 1.807) is 0 Å². The molecule has 0 aromatic carbocycles. The number of allylic oxidation sites excluding steroid dienone is 2. The minimum atomic E-state index is -4.57. The molecule has 2 aliphatic rings. The Kier molecular flexibility index (Phi) is 3.76. The van der Waals surface area contributed by atoms with Gasteiger partial charge in [0.1, 0.15) is 10.6 Å². The van der Waals surface area contributed by atoms with Gasteiger partial charge in [-0.25, -0.2) is 8.42 Å². The summed E-state index contributed by atoms with van der Waals surface area (Å²) in [6, 6.07) is 1.68. The second-order valence-electron chi connectivity index (χ2n) is 5.66. The summed E-state index contributed by atoms with van der Waals surface area (Å²) in [6.45, 7) is 0.830. The third kappa shape index (κ3) is 2.77. The fourth-order valence-electron chi connectivity index (χ4n) is 3.02. The second-order valence-corrected chi connectivity index (χ2v) is 7.60. The minimum absolute atomic E-state index is 0.188. The molecule has 1 aliphatic carbocycles. The molecule has 0 bridgehead atoms. The van der Waals surface area contributed by atoms with Gasteiger partial charge in [-0.3, -0.25) is 4.98 Å². The summed E-state index contributed by atoms with van der Waals surface area (Å²) < 4.78 is 63.9. The predicted molar refractivity (Wildman–Crippen MR) is 73.4 cm³/mol. The number of pyridine rings is 1. The van der Waals surface area contributed by atoms with Crippen molar-refractivity contribution in [2.75, 3.05) is 13.1 Å². The third-order valence-electron chi connectivity index (χ3n) is 4.25. The van der Waals surface area contributed by atoms with Gasteiger partial charge >= 0.3 is 6.18 Å². The molecule has 0 spiro atoms. The van der Waals surface area contributed by atoms with Crippen LogP contribution < -0.4 is 0 Å². The summed E-state index contributed by atoms with van der Waals surface area (Å²) in [6.07, 6.45) is 2.02. The Bertz CT molecular complexity index is 667. The van der Waals surface area contributed by atoms with Crippen LogP contribution in [0.25, 0.3) is 0 Å². The van der Waals surface area contributed by atoms with Crippen molar-refractivity contribution in [1.82, 2.24) is 9.29 Å². The molecule has 1 aromatic rings. The van der Waals surface area contributed by atoms with Gasteiger partial charge < -0.3 is 0 Å². The Balaban J connectivity index is 1.82. The highest BCUT2D eigenvalue weighted by molar-refractivity contribution is 7.89. The molecule has 1 saturated heterocycles. The van der Waals surface area contributed by atoms with E-state index >= 15 is 0 Å². The quantitative estimate of drug-likeness (QED) is 0.783. The largest absolute Gasteiger partial charge is 0.433 e. The monoisotopic (exact) mass is 332 g/mol. The van der Waals surface area contributed by atoms with Crippen molar-refractivity contribution in [1.29, 1.82) is 0 Å². The summed E-state index contributed by atoms with van der Waals surface area (Å²) in [5.74, 6) is 0.587. The van der Waals surface area contributed by atoms with Crippen LogP contribution in [0.15, 0.2) is 35.4 Å². The maximum atomic E-state index is 12.5. The lowest BCUT2D eigenvalue weighted by Crippen LogP contribution is -2.29. The van der Waals surface area contributed by atoms with Gasteiger partial charge in [-0.1, -0.05) is 12.2 Å². The normalized spacial score (nSPS) is 26.1. The maximum absolute atomic E-state index is 12.5. The Hall–Kier alpha value is -1.41. The van der Waals surface area contributed by atoms with Crippen LogP contribution >= 0.6 is 0 Å². The molecule has 22 heavy (non-hydrogen) atoms. The molecular weight excluding hydrogens is 317 g/mol. The smallest absolute Gasteiger partial charge is 0.250 e. The molecule has 2 atom stereocenters. The maximum Gasteiger partial charge on any atom is 0.433 e. The zero-order chi connectivity index (χ0) is 16.0. The molecule has 1 aliphatic heterocycles. The van der Waals surface area contributed by atoms with E-state index in [4.69, 9.17) is 0 Å². The molecule has 0 radical (unpaired) electrons. The zero-order valence-electron chi connectivity index (χ0n) is 11.6. The topological polar surface area (TPSA) is 50.3 Å². The lowest BCUT2D eigenvalue weighted by Gasteiger charge is -2.18. The number of nitrogens with zero attached hydrogens (tertiary/aromatic N) is 2. The number of sulfonamides is 1. The Morgan fingerprint density at radius 3 is 2.14 bits per heavy atom. The standard InChI is InChI=1S/C14H15F3N2O2S/c15-14(16,17)13-6-5-12(7-18-13)22(20,21)19-8-10-3-1-2-4-11(10)9-19/h1-2,5-7,10-11H,3-4,8-9H2/t10-,11+. The van der Waals surface area contributed by atoms with E-state index in [9.17, 15) is 21.6 Å². The highest BCUT2D eigenvalue weighted by Crippen LogP contribution is 2.36. The minimum Gasteiger partial charge on any atom is -0.250 e. The van der Waals surface area contributed by atoms with E-state index < -0.39 is 21.9 Å². The summed E-state index contributed by atoms with van der Waals surface area (Å²) in [7, 11) is -3.78. The van der Waals surface area contributed by atoms with Gasteiger partial charge in [0.2, 0.25) is 10.0 Å². The summed E-state index contributed by atoms with van der Waals surface area (Å²) in [5.41, 5.74) is -1.09. The molecule has 4 nitrogen and oxygen atoms in total. The first kappa shape index (κ1) is 15.5.